The summed E-state index contributed by atoms with van der Waals surface area (Å²) in [4.78, 5) is 21.7. The first-order chi connectivity index (χ1) is 8.70. The molecule has 0 fully saturated rings. The van der Waals surface area contributed by atoms with Crippen molar-refractivity contribution in [2.75, 3.05) is 24.6 Å². The van der Waals surface area contributed by atoms with Crippen LogP contribution in [0.5, 0.6) is 0 Å². The fraction of sp³-hybridized carbons (Fsp3) is 0.833. The first kappa shape index (κ1) is 17.6. The van der Waals surface area contributed by atoms with Gasteiger partial charge in [0.25, 0.3) is 0 Å². The number of carbonyl (C=O) groups excluding carboxylic acids is 2. The van der Waals surface area contributed by atoms with Crippen LogP contribution in [-0.2, 0) is 9.59 Å². The van der Waals surface area contributed by atoms with Crippen molar-refractivity contribution in [1.29, 1.82) is 0 Å². The van der Waals surface area contributed by atoms with E-state index in [1.54, 1.807) is 0 Å². The predicted molar refractivity (Wildman–Crippen MR) is 81.4 cm³/mol. The molecule has 0 heterocycles. The maximum Gasteiger partial charge on any atom is 0.229 e. The molecule has 0 rings (SSSR count). The first-order valence-electron chi connectivity index (χ1n) is 6.45. The van der Waals surface area contributed by atoms with Gasteiger partial charge in [0, 0.05) is 13.1 Å². The molecule has 2 amide bonds. The molecular weight excluding hydrogens is 268 g/mol. The van der Waals surface area contributed by atoms with Gasteiger partial charge in [-0.25, -0.2) is 0 Å². The van der Waals surface area contributed by atoms with Crippen LogP contribution in [0.15, 0.2) is 0 Å². The van der Waals surface area contributed by atoms with Crippen LogP contribution in [0.2, 0.25) is 0 Å². The third kappa shape index (κ3) is 12.1. The van der Waals surface area contributed by atoms with Crippen molar-refractivity contribution in [2.24, 2.45) is 0 Å². The van der Waals surface area contributed by atoms with E-state index < -0.39 is 0 Å². The van der Waals surface area contributed by atoms with Crippen molar-refractivity contribution in [3.8, 4) is 0 Å². The highest BCUT2D eigenvalue weighted by molar-refractivity contribution is 7.81. The highest BCUT2D eigenvalue weighted by atomic mass is 32.1. The lowest BCUT2D eigenvalue weighted by atomic mass is 10.1. The smallest absolute Gasteiger partial charge is 0.229 e. The molecule has 6 heteroatoms. The minimum Gasteiger partial charge on any atom is -0.355 e. The molecule has 0 aliphatic rings. The van der Waals surface area contributed by atoms with E-state index in [4.69, 9.17) is 0 Å². The average molecular weight is 292 g/mol. The van der Waals surface area contributed by atoms with Crippen LogP contribution in [0.3, 0.4) is 0 Å². The SMILES string of the molecule is O=C(CS)NCCCCCCCCNC(=O)CS. The molecule has 0 bridgehead atoms. The van der Waals surface area contributed by atoms with Crippen LogP contribution in [0.1, 0.15) is 38.5 Å². The summed E-state index contributed by atoms with van der Waals surface area (Å²) < 4.78 is 0. The third-order valence-corrected chi connectivity index (χ3v) is 3.11. The fourth-order valence-electron chi connectivity index (χ4n) is 1.52. The van der Waals surface area contributed by atoms with Gasteiger partial charge in [-0.1, -0.05) is 25.7 Å². The Morgan fingerprint density at radius 1 is 0.667 bits per heavy atom. The lowest BCUT2D eigenvalue weighted by Crippen LogP contribution is -2.25. The Bertz CT molecular complexity index is 214. The Labute approximate surface area is 120 Å². The van der Waals surface area contributed by atoms with Crippen LogP contribution in [0.25, 0.3) is 0 Å². The maximum atomic E-state index is 10.9. The largest absolute Gasteiger partial charge is 0.355 e. The predicted octanol–water partition coefficient (Wildman–Crippen LogP) is 1.42. The topological polar surface area (TPSA) is 58.2 Å². The highest BCUT2D eigenvalue weighted by Crippen LogP contribution is 2.04. The van der Waals surface area contributed by atoms with E-state index in [1.165, 1.54) is 12.8 Å². The number of thiol groups is 2. The van der Waals surface area contributed by atoms with Crippen molar-refractivity contribution in [3.63, 3.8) is 0 Å². The number of carbonyl (C=O) groups is 2. The lowest BCUT2D eigenvalue weighted by molar-refractivity contribution is -0.119. The minimum absolute atomic E-state index is 0.00161. The summed E-state index contributed by atoms with van der Waals surface area (Å²) in [7, 11) is 0. The normalized spacial score (nSPS) is 10.1. The van der Waals surface area contributed by atoms with Gasteiger partial charge in [0.05, 0.1) is 11.5 Å². The Kier molecular flexibility index (Phi) is 12.8. The molecule has 0 aromatic rings. The van der Waals surface area contributed by atoms with Gasteiger partial charge in [0.2, 0.25) is 11.8 Å². The van der Waals surface area contributed by atoms with Crippen LogP contribution in [0.4, 0.5) is 0 Å². The second kappa shape index (κ2) is 13.1. The van der Waals surface area contributed by atoms with E-state index in [2.05, 4.69) is 35.9 Å². The maximum absolute atomic E-state index is 10.9. The fourth-order valence-corrected chi connectivity index (χ4v) is 1.75. The van der Waals surface area contributed by atoms with Gasteiger partial charge in [0.1, 0.15) is 0 Å². The van der Waals surface area contributed by atoms with Crippen LogP contribution in [-0.4, -0.2) is 36.4 Å². The Morgan fingerprint density at radius 2 is 1.00 bits per heavy atom. The second-order valence-electron chi connectivity index (χ2n) is 4.14. The van der Waals surface area contributed by atoms with E-state index in [9.17, 15) is 9.59 Å². The van der Waals surface area contributed by atoms with Gasteiger partial charge >= 0.3 is 0 Å². The van der Waals surface area contributed by atoms with Gasteiger partial charge in [-0.15, -0.1) is 0 Å². The van der Waals surface area contributed by atoms with Crippen LogP contribution in [0, 0.1) is 0 Å². The molecule has 0 spiro atoms. The zero-order valence-corrected chi connectivity index (χ0v) is 12.6. The number of amides is 2. The molecule has 0 radical (unpaired) electrons. The molecule has 18 heavy (non-hydrogen) atoms. The molecule has 2 N–H and O–H groups in total. The lowest BCUT2D eigenvalue weighted by Gasteiger charge is -2.04. The number of nitrogens with one attached hydrogen (secondary N) is 2. The molecule has 0 aromatic heterocycles. The molecule has 0 atom stereocenters. The summed E-state index contributed by atoms with van der Waals surface area (Å²) in [5, 5.41) is 5.58. The average Bonchev–Trinajstić information content (AvgIpc) is 2.40. The quantitative estimate of drug-likeness (QED) is 0.344. The molecule has 0 aliphatic heterocycles. The summed E-state index contributed by atoms with van der Waals surface area (Å²) in [5.41, 5.74) is 0. The third-order valence-electron chi connectivity index (χ3n) is 2.54. The van der Waals surface area contributed by atoms with Crippen molar-refractivity contribution in [1.82, 2.24) is 10.6 Å². The van der Waals surface area contributed by atoms with E-state index in [0.29, 0.717) is 0 Å². The summed E-state index contributed by atoms with van der Waals surface area (Å²) in [6, 6.07) is 0. The van der Waals surface area contributed by atoms with Crippen LogP contribution < -0.4 is 10.6 Å². The van der Waals surface area contributed by atoms with Crippen LogP contribution >= 0.6 is 25.3 Å². The zero-order chi connectivity index (χ0) is 13.6. The molecule has 0 saturated carbocycles. The molecular formula is C12H24N2O2S2. The van der Waals surface area contributed by atoms with Crippen molar-refractivity contribution < 1.29 is 9.59 Å². The van der Waals surface area contributed by atoms with E-state index in [-0.39, 0.29) is 23.3 Å². The molecule has 0 saturated heterocycles. The summed E-state index contributed by atoms with van der Waals surface area (Å²) >= 11 is 7.76. The van der Waals surface area contributed by atoms with E-state index in [1.807, 2.05) is 0 Å². The monoisotopic (exact) mass is 292 g/mol. The zero-order valence-electron chi connectivity index (χ0n) is 10.8. The molecule has 0 aromatic carbocycles. The van der Waals surface area contributed by atoms with Crippen molar-refractivity contribution >= 4 is 37.1 Å². The van der Waals surface area contributed by atoms with Gasteiger partial charge < -0.3 is 10.6 Å². The Hall–Kier alpha value is -0.360. The summed E-state index contributed by atoms with van der Waals surface area (Å²) in [5.74, 6) is 0.521. The Balaban J connectivity index is 3.07. The van der Waals surface area contributed by atoms with Gasteiger partial charge in [-0.2, -0.15) is 25.3 Å². The van der Waals surface area contributed by atoms with Crippen molar-refractivity contribution in [2.45, 2.75) is 38.5 Å². The standard InChI is InChI=1S/C12H24N2O2S2/c15-11(9-17)13-7-5-3-1-2-4-6-8-14-12(16)10-18/h17-18H,1-10H2,(H,13,15)(H,14,16). The highest BCUT2D eigenvalue weighted by Gasteiger charge is 1.97. The van der Waals surface area contributed by atoms with E-state index in [0.717, 1.165) is 38.8 Å². The summed E-state index contributed by atoms with van der Waals surface area (Å²) in [6.07, 6.45) is 6.67. The van der Waals surface area contributed by atoms with Gasteiger partial charge in [-0.05, 0) is 12.8 Å². The minimum atomic E-state index is -0.00161. The van der Waals surface area contributed by atoms with E-state index >= 15 is 0 Å². The number of hydrogen-bond donors (Lipinski definition) is 4. The molecule has 0 unspecified atom stereocenters. The van der Waals surface area contributed by atoms with Gasteiger partial charge in [0.15, 0.2) is 0 Å². The second-order valence-corrected chi connectivity index (χ2v) is 4.77. The number of unbranched alkanes of at least 4 members (excludes halogenated alkanes) is 5. The summed E-state index contributed by atoms with van der Waals surface area (Å²) in [6.45, 7) is 1.49. The molecule has 0 aliphatic carbocycles. The number of hydrogen-bond acceptors (Lipinski definition) is 4. The van der Waals surface area contributed by atoms with Gasteiger partial charge in [-0.3, -0.25) is 9.59 Å². The molecule has 4 nitrogen and oxygen atoms in total. The number of rotatable bonds is 11. The molecule has 106 valence electrons. The first-order valence-corrected chi connectivity index (χ1v) is 7.72. The van der Waals surface area contributed by atoms with Crippen molar-refractivity contribution in [3.05, 3.63) is 0 Å². The Morgan fingerprint density at radius 3 is 1.33 bits per heavy atom.